The van der Waals surface area contributed by atoms with Gasteiger partial charge in [0, 0.05) is 35.2 Å². The number of aromatic hydroxyl groups is 1. The van der Waals surface area contributed by atoms with E-state index in [0.717, 1.165) is 18.5 Å². The number of amides is 1. The number of hydrogen-bond donors (Lipinski definition) is 5. The number of carbonyl (C=O) groups is 3. The van der Waals surface area contributed by atoms with Gasteiger partial charge < -0.3 is 30.9 Å². The lowest BCUT2D eigenvalue weighted by Crippen LogP contribution is -2.65. The van der Waals surface area contributed by atoms with Gasteiger partial charge in [-0.1, -0.05) is 0 Å². The number of phenolic OH excluding ortho intramolecular Hbond substituents is 1. The number of ether oxygens (including phenoxy) is 1. The number of hydrogen-bond acceptors (Lipinski definition) is 10. The van der Waals surface area contributed by atoms with Gasteiger partial charge >= 0.3 is 0 Å². The van der Waals surface area contributed by atoms with E-state index in [1.165, 1.54) is 12.0 Å². The molecular weight excluding hydrogens is 506 g/mol. The molecule has 4 aliphatic carbocycles. The van der Waals surface area contributed by atoms with Crippen molar-refractivity contribution in [3.63, 3.8) is 0 Å². The van der Waals surface area contributed by atoms with Crippen molar-refractivity contribution in [1.82, 2.24) is 9.80 Å². The lowest BCUT2D eigenvalue weighted by Gasteiger charge is -2.50. The molecule has 0 radical (unpaired) electrons. The second kappa shape index (κ2) is 8.30. The molecule has 6 N–H and O–H groups in total. The van der Waals surface area contributed by atoms with Gasteiger partial charge in [-0.2, -0.15) is 0 Å². The zero-order valence-corrected chi connectivity index (χ0v) is 22.3. The molecule has 1 amide bonds. The molecule has 1 saturated heterocycles. The molecule has 1 aliphatic heterocycles. The maximum absolute atomic E-state index is 14.0. The standard InChI is InChI=1S/C28H33N3O8/c1-30(2)21-15-7-10-5-13-18(16(32)8-14(24(13)39-4)20-12-6-11(12)9-31(20)3)22(33)17(10)25(35)28(15,38)26(36)19(23(21)34)27(29)37/h8,10-12,15,20-21,32-33,36,38H,5-7,9H2,1-4H3,(H2,29,37)/t10-,11?,12?,15-,20?,21-,28-/m0/s1. The van der Waals surface area contributed by atoms with Crippen LogP contribution in [0.4, 0.5) is 0 Å². The molecular formula is C28H33N3O8. The number of nitrogens with zero attached hydrogens (tertiary/aromatic N) is 2. The largest absolute Gasteiger partial charge is 0.508 e. The molecule has 7 atom stereocenters. The molecule has 1 heterocycles. The smallest absolute Gasteiger partial charge is 0.255 e. The fraction of sp³-hybridized carbons (Fsp3) is 0.536. The summed E-state index contributed by atoms with van der Waals surface area (Å²) in [6.45, 7) is 0.952. The number of Topliss-reactive ketones (excluding diaryl/α,β-unsaturated/α-hetero) is 2. The van der Waals surface area contributed by atoms with Gasteiger partial charge in [-0.25, -0.2) is 0 Å². The number of methoxy groups -OCH3 is 1. The molecule has 2 saturated carbocycles. The topological polar surface area (TPSA) is 174 Å². The minimum atomic E-state index is -2.66. The highest BCUT2D eigenvalue weighted by Crippen LogP contribution is 2.60. The summed E-state index contributed by atoms with van der Waals surface area (Å²) in [4.78, 5) is 43.0. The summed E-state index contributed by atoms with van der Waals surface area (Å²) >= 11 is 0. The van der Waals surface area contributed by atoms with Crippen LogP contribution in [0.3, 0.4) is 0 Å². The Morgan fingerprint density at radius 1 is 1.21 bits per heavy atom. The van der Waals surface area contributed by atoms with Crippen LogP contribution in [-0.4, -0.2) is 94.1 Å². The number of likely N-dealkylation sites (N-methyl/N-ethyl adjacent to an activating group) is 1. The Labute approximate surface area is 225 Å². The minimum absolute atomic E-state index is 0.0357. The van der Waals surface area contributed by atoms with Crippen molar-refractivity contribution < 1.29 is 39.5 Å². The van der Waals surface area contributed by atoms with E-state index >= 15 is 0 Å². The number of nitrogens with two attached hydrogens (primary N) is 1. The van der Waals surface area contributed by atoms with Gasteiger partial charge in [-0.3, -0.25) is 24.2 Å². The first-order chi connectivity index (χ1) is 18.3. The number of likely N-dealkylation sites (tertiary alicyclic amines) is 1. The monoisotopic (exact) mass is 539 g/mol. The Morgan fingerprint density at radius 2 is 1.90 bits per heavy atom. The van der Waals surface area contributed by atoms with Crippen molar-refractivity contribution in [2.75, 3.05) is 34.8 Å². The number of primary amides is 1. The van der Waals surface area contributed by atoms with Gasteiger partial charge in [-0.15, -0.1) is 0 Å². The second-order valence-electron chi connectivity index (χ2n) is 11.9. The highest BCUT2D eigenvalue weighted by molar-refractivity contribution is 6.24. The summed E-state index contributed by atoms with van der Waals surface area (Å²) < 4.78 is 5.87. The predicted molar refractivity (Wildman–Crippen MR) is 138 cm³/mol. The van der Waals surface area contributed by atoms with Crippen LogP contribution in [0.1, 0.15) is 35.6 Å². The fourth-order valence-electron chi connectivity index (χ4n) is 7.93. The van der Waals surface area contributed by atoms with Gasteiger partial charge in [-0.05, 0) is 64.2 Å². The van der Waals surface area contributed by atoms with Crippen LogP contribution < -0.4 is 10.5 Å². The molecule has 1 aromatic carbocycles. The Morgan fingerprint density at radius 3 is 2.46 bits per heavy atom. The third-order valence-corrected chi connectivity index (χ3v) is 9.60. The fourth-order valence-corrected chi connectivity index (χ4v) is 7.93. The van der Waals surface area contributed by atoms with E-state index in [9.17, 15) is 34.8 Å². The van der Waals surface area contributed by atoms with Gasteiger partial charge in [0.1, 0.15) is 28.6 Å². The number of aliphatic hydroxyl groups excluding tert-OH is 2. The van der Waals surface area contributed by atoms with Crippen LogP contribution >= 0.6 is 0 Å². The molecule has 5 aliphatic rings. The van der Waals surface area contributed by atoms with Crippen LogP contribution in [0.15, 0.2) is 23.0 Å². The van der Waals surface area contributed by atoms with Crippen molar-refractivity contribution in [3.05, 3.63) is 39.7 Å². The first-order valence-corrected chi connectivity index (χ1v) is 13.1. The van der Waals surface area contributed by atoms with Gasteiger partial charge in [0.15, 0.2) is 11.4 Å². The second-order valence-corrected chi connectivity index (χ2v) is 11.9. The Hall–Kier alpha value is -3.41. The van der Waals surface area contributed by atoms with Crippen LogP contribution in [0.2, 0.25) is 0 Å². The van der Waals surface area contributed by atoms with E-state index in [4.69, 9.17) is 10.5 Å². The average Bonchev–Trinajstić information content (AvgIpc) is 3.51. The highest BCUT2D eigenvalue weighted by Gasteiger charge is 2.64. The molecule has 1 aromatic rings. The van der Waals surface area contributed by atoms with Gasteiger partial charge in [0.25, 0.3) is 5.91 Å². The van der Waals surface area contributed by atoms with E-state index < -0.39 is 58.0 Å². The normalized spacial score (nSPS) is 35.5. The molecule has 3 fully saturated rings. The summed E-state index contributed by atoms with van der Waals surface area (Å²) in [6, 6.07) is 0.504. The van der Waals surface area contributed by atoms with Crippen LogP contribution in [0, 0.1) is 23.7 Å². The Balaban J connectivity index is 1.54. The van der Waals surface area contributed by atoms with E-state index in [2.05, 4.69) is 4.90 Å². The van der Waals surface area contributed by atoms with Crippen molar-refractivity contribution in [2.45, 2.75) is 36.9 Å². The molecule has 6 rings (SSSR count). The molecule has 11 nitrogen and oxygen atoms in total. The van der Waals surface area contributed by atoms with E-state index in [1.54, 1.807) is 20.2 Å². The van der Waals surface area contributed by atoms with Gasteiger partial charge in [0.2, 0.25) is 5.78 Å². The van der Waals surface area contributed by atoms with Crippen molar-refractivity contribution in [2.24, 2.45) is 29.4 Å². The number of rotatable bonds is 4. The molecule has 39 heavy (non-hydrogen) atoms. The Bertz CT molecular complexity index is 1410. The van der Waals surface area contributed by atoms with Crippen molar-refractivity contribution in [3.8, 4) is 11.5 Å². The number of phenols is 1. The van der Waals surface area contributed by atoms with Crippen LogP contribution in [0.5, 0.6) is 11.5 Å². The first kappa shape index (κ1) is 25.8. The number of ketones is 2. The van der Waals surface area contributed by atoms with Crippen molar-refractivity contribution >= 4 is 23.2 Å². The zero-order valence-electron chi connectivity index (χ0n) is 22.3. The molecule has 3 unspecified atom stereocenters. The zero-order chi connectivity index (χ0) is 28.3. The van der Waals surface area contributed by atoms with Crippen LogP contribution in [0.25, 0.3) is 5.76 Å². The average molecular weight is 540 g/mol. The van der Waals surface area contributed by atoms with E-state index in [0.29, 0.717) is 23.1 Å². The van der Waals surface area contributed by atoms with Crippen molar-refractivity contribution in [1.29, 1.82) is 0 Å². The first-order valence-electron chi connectivity index (χ1n) is 13.1. The molecule has 11 heteroatoms. The quantitative estimate of drug-likeness (QED) is 0.341. The summed E-state index contributed by atoms with van der Waals surface area (Å²) in [5.41, 5.74) is 3.13. The third-order valence-electron chi connectivity index (χ3n) is 9.60. The third kappa shape index (κ3) is 3.23. The van der Waals surface area contributed by atoms with Crippen LogP contribution in [-0.2, 0) is 20.8 Å². The number of fused-ring (bicyclic) bond motifs is 4. The minimum Gasteiger partial charge on any atom is -0.508 e. The summed E-state index contributed by atoms with van der Waals surface area (Å²) in [7, 11) is 6.71. The summed E-state index contributed by atoms with van der Waals surface area (Å²) in [5, 5.41) is 45.3. The number of aliphatic hydroxyl groups is 3. The highest BCUT2D eigenvalue weighted by atomic mass is 16.5. The number of benzene rings is 1. The summed E-state index contributed by atoms with van der Waals surface area (Å²) in [5.74, 6) is -5.06. The molecule has 0 spiro atoms. The van der Waals surface area contributed by atoms with Gasteiger partial charge in [0.05, 0.1) is 18.7 Å². The lowest BCUT2D eigenvalue weighted by atomic mass is 9.57. The lowest BCUT2D eigenvalue weighted by molar-refractivity contribution is -0.153. The predicted octanol–water partition coefficient (Wildman–Crippen LogP) is 0.595. The SMILES string of the molecule is COc1c(C2C3CC3CN2C)cc(O)c2c1C[C@H]1C[C@H]3[C@H](N(C)C)C(=O)C(C(N)=O)=C(O)[C@@]3(O)C(=O)C1=C2O. The molecule has 0 bridgehead atoms. The van der Waals surface area contributed by atoms with E-state index in [-0.39, 0.29) is 35.8 Å². The Kier molecular flexibility index (Phi) is 5.50. The summed E-state index contributed by atoms with van der Waals surface area (Å²) in [6.07, 6.45) is 1.34. The molecule has 0 aromatic heterocycles. The maximum Gasteiger partial charge on any atom is 0.255 e. The molecule has 208 valence electrons. The number of carbonyl (C=O) groups excluding carboxylic acids is 3. The van der Waals surface area contributed by atoms with E-state index in [1.807, 2.05) is 7.05 Å². The number of piperidine rings is 1. The maximum atomic E-state index is 14.0.